The molecule has 3 N–H and O–H groups in total. The number of nitrogens with one attached hydrogen (secondary N) is 1. The Hall–Kier alpha value is -0.0800. The van der Waals surface area contributed by atoms with Crippen LogP contribution >= 0.6 is 0 Å². The highest BCUT2D eigenvalue weighted by molar-refractivity contribution is 4.71. The van der Waals surface area contributed by atoms with Crippen molar-refractivity contribution >= 4 is 0 Å². The third-order valence-electron chi connectivity index (χ3n) is 2.67. The second kappa shape index (κ2) is 7.56. The molecule has 0 saturated heterocycles. The summed E-state index contributed by atoms with van der Waals surface area (Å²) in [4.78, 5) is 0. The van der Waals surface area contributed by atoms with Crippen LogP contribution in [0.4, 0.5) is 0 Å². The minimum Gasteiger partial charge on any atom is -0.333 e. The standard InChI is InChI=1S/C9H19N.CH5N/c1-8-4-3-5-9(10-2)7-6-8;1-2/h8-10H,3-7H2,1-2H3;2H2,1H3. The molecule has 0 aromatic carbocycles. The van der Waals surface area contributed by atoms with Crippen LogP contribution in [0.3, 0.4) is 0 Å². The van der Waals surface area contributed by atoms with E-state index < -0.39 is 0 Å². The van der Waals surface area contributed by atoms with Crippen molar-refractivity contribution in [2.24, 2.45) is 11.7 Å². The first kappa shape index (κ1) is 11.9. The lowest BCUT2D eigenvalue weighted by Crippen LogP contribution is -2.23. The van der Waals surface area contributed by atoms with E-state index >= 15 is 0 Å². The zero-order valence-corrected chi connectivity index (χ0v) is 8.77. The molecule has 0 radical (unpaired) electrons. The van der Waals surface area contributed by atoms with Gasteiger partial charge in [0.1, 0.15) is 0 Å². The normalized spacial score (nSPS) is 30.0. The number of hydrogen-bond donors (Lipinski definition) is 2. The van der Waals surface area contributed by atoms with Crippen LogP contribution in [0, 0.1) is 5.92 Å². The molecule has 2 nitrogen and oxygen atoms in total. The minimum absolute atomic E-state index is 0.810. The quantitative estimate of drug-likeness (QED) is 0.591. The second-order valence-electron chi connectivity index (χ2n) is 3.60. The maximum absolute atomic E-state index is 4.50. The number of rotatable bonds is 1. The zero-order chi connectivity index (χ0) is 9.40. The molecular weight excluding hydrogens is 148 g/mol. The molecule has 0 spiro atoms. The molecule has 1 aliphatic rings. The molecule has 1 aliphatic carbocycles. The Kier molecular flexibility index (Phi) is 7.51. The van der Waals surface area contributed by atoms with Gasteiger partial charge in [0.25, 0.3) is 0 Å². The SMILES string of the molecule is CN.CNC1CCCC(C)CC1. The van der Waals surface area contributed by atoms with Crippen LogP contribution in [0.5, 0.6) is 0 Å². The summed E-state index contributed by atoms with van der Waals surface area (Å²) in [6.45, 7) is 2.37. The number of hydrogen-bond acceptors (Lipinski definition) is 2. The highest BCUT2D eigenvalue weighted by atomic mass is 14.9. The highest BCUT2D eigenvalue weighted by Crippen LogP contribution is 2.21. The van der Waals surface area contributed by atoms with Crippen molar-refractivity contribution in [3.63, 3.8) is 0 Å². The lowest BCUT2D eigenvalue weighted by atomic mass is 10.0. The average Bonchev–Trinajstić information content (AvgIpc) is 2.33. The lowest BCUT2D eigenvalue weighted by Gasteiger charge is -2.11. The van der Waals surface area contributed by atoms with Gasteiger partial charge in [0, 0.05) is 6.04 Å². The molecule has 0 aliphatic heterocycles. The van der Waals surface area contributed by atoms with Gasteiger partial charge in [-0.05, 0) is 39.3 Å². The predicted molar refractivity (Wildman–Crippen MR) is 55.2 cm³/mol. The molecule has 0 bridgehead atoms. The molecule has 0 aromatic rings. The van der Waals surface area contributed by atoms with E-state index in [2.05, 4.69) is 25.0 Å². The van der Waals surface area contributed by atoms with Gasteiger partial charge < -0.3 is 11.1 Å². The summed E-state index contributed by atoms with van der Waals surface area (Å²) in [5, 5.41) is 3.36. The fraction of sp³-hybridized carbons (Fsp3) is 1.00. The van der Waals surface area contributed by atoms with Crippen LogP contribution in [-0.2, 0) is 0 Å². The fourth-order valence-corrected chi connectivity index (χ4v) is 1.78. The zero-order valence-electron chi connectivity index (χ0n) is 8.77. The van der Waals surface area contributed by atoms with Crippen molar-refractivity contribution < 1.29 is 0 Å². The molecule has 0 heterocycles. The summed E-state index contributed by atoms with van der Waals surface area (Å²) in [6, 6.07) is 0.810. The molecule has 0 amide bonds. The minimum atomic E-state index is 0.810. The lowest BCUT2D eigenvalue weighted by molar-refractivity contribution is 0.475. The van der Waals surface area contributed by atoms with Crippen molar-refractivity contribution in [3.8, 4) is 0 Å². The van der Waals surface area contributed by atoms with E-state index in [4.69, 9.17) is 0 Å². The summed E-state index contributed by atoms with van der Waals surface area (Å²) < 4.78 is 0. The Morgan fingerprint density at radius 1 is 1.08 bits per heavy atom. The Balaban J connectivity index is 0.000000561. The van der Waals surface area contributed by atoms with Gasteiger partial charge in [-0.1, -0.05) is 19.8 Å². The first-order chi connectivity index (χ1) is 5.83. The van der Waals surface area contributed by atoms with E-state index in [1.165, 1.54) is 39.2 Å². The molecular formula is C10H24N2. The maximum atomic E-state index is 4.50. The van der Waals surface area contributed by atoms with Crippen molar-refractivity contribution in [3.05, 3.63) is 0 Å². The Bertz CT molecular complexity index is 93.8. The molecule has 2 unspecified atom stereocenters. The highest BCUT2D eigenvalue weighted by Gasteiger charge is 2.13. The van der Waals surface area contributed by atoms with E-state index in [-0.39, 0.29) is 0 Å². The first-order valence-corrected chi connectivity index (χ1v) is 5.08. The summed E-state index contributed by atoms with van der Waals surface area (Å²) in [5.41, 5.74) is 4.50. The fourth-order valence-electron chi connectivity index (χ4n) is 1.78. The van der Waals surface area contributed by atoms with Gasteiger partial charge in [-0.2, -0.15) is 0 Å². The number of nitrogens with two attached hydrogens (primary N) is 1. The van der Waals surface area contributed by atoms with Crippen LogP contribution in [0.25, 0.3) is 0 Å². The van der Waals surface area contributed by atoms with Gasteiger partial charge in [0.15, 0.2) is 0 Å². The van der Waals surface area contributed by atoms with Crippen LogP contribution in [0.1, 0.15) is 39.0 Å². The maximum Gasteiger partial charge on any atom is 0.00641 e. The predicted octanol–water partition coefficient (Wildman–Crippen LogP) is 1.75. The van der Waals surface area contributed by atoms with Gasteiger partial charge in [0.05, 0.1) is 0 Å². The topological polar surface area (TPSA) is 38.0 Å². The summed E-state index contributed by atoms with van der Waals surface area (Å²) in [7, 11) is 3.58. The monoisotopic (exact) mass is 172 g/mol. The van der Waals surface area contributed by atoms with E-state index in [0.29, 0.717) is 0 Å². The van der Waals surface area contributed by atoms with Gasteiger partial charge in [-0.3, -0.25) is 0 Å². The van der Waals surface area contributed by atoms with Crippen LogP contribution in [0.15, 0.2) is 0 Å². The third kappa shape index (κ3) is 4.73. The van der Waals surface area contributed by atoms with Crippen molar-refractivity contribution in [2.75, 3.05) is 14.1 Å². The van der Waals surface area contributed by atoms with Gasteiger partial charge in [0.2, 0.25) is 0 Å². The summed E-state index contributed by atoms with van der Waals surface area (Å²) >= 11 is 0. The van der Waals surface area contributed by atoms with E-state index in [0.717, 1.165) is 12.0 Å². The van der Waals surface area contributed by atoms with Crippen molar-refractivity contribution in [1.82, 2.24) is 5.32 Å². The molecule has 74 valence electrons. The van der Waals surface area contributed by atoms with Gasteiger partial charge in [-0.25, -0.2) is 0 Å². The average molecular weight is 172 g/mol. The summed E-state index contributed by atoms with van der Waals surface area (Å²) in [6.07, 6.45) is 7.06. The molecule has 0 aromatic heterocycles. The van der Waals surface area contributed by atoms with Crippen LogP contribution < -0.4 is 11.1 Å². The van der Waals surface area contributed by atoms with Crippen LogP contribution in [-0.4, -0.2) is 20.1 Å². The summed E-state index contributed by atoms with van der Waals surface area (Å²) in [5.74, 6) is 0.971. The first-order valence-electron chi connectivity index (χ1n) is 5.08. The van der Waals surface area contributed by atoms with E-state index in [1.807, 2.05) is 0 Å². The van der Waals surface area contributed by atoms with Crippen LogP contribution in [0.2, 0.25) is 0 Å². The van der Waals surface area contributed by atoms with Gasteiger partial charge >= 0.3 is 0 Å². The Morgan fingerprint density at radius 3 is 2.33 bits per heavy atom. The molecule has 2 heteroatoms. The van der Waals surface area contributed by atoms with E-state index in [9.17, 15) is 0 Å². The molecule has 2 atom stereocenters. The van der Waals surface area contributed by atoms with E-state index in [1.54, 1.807) is 0 Å². The third-order valence-corrected chi connectivity index (χ3v) is 2.67. The molecule has 1 rings (SSSR count). The smallest absolute Gasteiger partial charge is 0.00641 e. The van der Waals surface area contributed by atoms with Gasteiger partial charge in [-0.15, -0.1) is 0 Å². The Labute approximate surface area is 76.9 Å². The Morgan fingerprint density at radius 2 is 1.75 bits per heavy atom. The second-order valence-corrected chi connectivity index (χ2v) is 3.60. The molecule has 1 fully saturated rings. The molecule has 1 saturated carbocycles. The largest absolute Gasteiger partial charge is 0.333 e. The van der Waals surface area contributed by atoms with Crippen molar-refractivity contribution in [1.29, 1.82) is 0 Å². The molecule has 12 heavy (non-hydrogen) atoms. The van der Waals surface area contributed by atoms with Crippen molar-refractivity contribution in [2.45, 2.75) is 45.1 Å².